The molecule has 1 amide bonds. The molecular formula is C19H17N5OS. The summed E-state index contributed by atoms with van der Waals surface area (Å²) in [6, 6.07) is 13.7. The molecule has 3 aromatic heterocycles. The summed E-state index contributed by atoms with van der Waals surface area (Å²) in [4.78, 5) is 18.9. The van der Waals surface area contributed by atoms with Crippen molar-refractivity contribution in [3.05, 3.63) is 66.6 Å². The first-order chi connectivity index (χ1) is 12.7. The standard InChI is InChI=1S/C19H17N5OS/c1-13-4-2-3-5-14(13)22-18(25)12-24-11-10-20-19(24)17-7-6-16(26-17)15-8-9-21-23-15/h2-11H,12H2,1H3,(H,21,23)(H,22,25). The lowest BCUT2D eigenvalue weighted by Gasteiger charge is -2.10. The van der Waals surface area contributed by atoms with E-state index in [1.165, 1.54) is 0 Å². The predicted molar refractivity (Wildman–Crippen MR) is 103 cm³/mol. The Kier molecular flexibility index (Phi) is 4.37. The lowest BCUT2D eigenvalue weighted by atomic mass is 10.2. The van der Waals surface area contributed by atoms with Crippen LogP contribution in [-0.4, -0.2) is 25.7 Å². The number of aromatic amines is 1. The number of aromatic nitrogens is 4. The average molecular weight is 363 g/mol. The molecule has 0 aliphatic rings. The van der Waals surface area contributed by atoms with Gasteiger partial charge in [0.1, 0.15) is 12.4 Å². The Hall–Kier alpha value is -3.19. The van der Waals surface area contributed by atoms with Gasteiger partial charge in [0.15, 0.2) is 0 Å². The van der Waals surface area contributed by atoms with E-state index in [0.29, 0.717) is 0 Å². The van der Waals surface area contributed by atoms with Gasteiger partial charge in [-0.05, 0) is 36.8 Å². The van der Waals surface area contributed by atoms with Crippen LogP contribution in [0.2, 0.25) is 0 Å². The molecule has 0 bridgehead atoms. The lowest BCUT2D eigenvalue weighted by Crippen LogP contribution is -2.19. The predicted octanol–water partition coefficient (Wildman–Crippen LogP) is 3.95. The molecule has 0 saturated carbocycles. The highest BCUT2D eigenvalue weighted by Gasteiger charge is 2.13. The zero-order valence-corrected chi connectivity index (χ0v) is 15.0. The van der Waals surface area contributed by atoms with E-state index in [2.05, 4.69) is 20.5 Å². The van der Waals surface area contributed by atoms with E-state index in [9.17, 15) is 4.79 Å². The summed E-state index contributed by atoms with van der Waals surface area (Å²) in [7, 11) is 0. The summed E-state index contributed by atoms with van der Waals surface area (Å²) in [5.41, 5.74) is 2.84. The SMILES string of the molecule is Cc1ccccc1NC(=O)Cn1ccnc1-c1ccc(-c2ccn[nH]2)s1. The minimum absolute atomic E-state index is 0.0797. The van der Waals surface area contributed by atoms with Gasteiger partial charge in [-0.15, -0.1) is 11.3 Å². The van der Waals surface area contributed by atoms with Gasteiger partial charge in [0, 0.05) is 24.3 Å². The van der Waals surface area contributed by atoms with Gasteiger partial charge in [-0.2, -0.15) is 5.10 Å². The first-order valence-electron chi connectivity index (χ1n) is 8.17. The number of para-hydroxylation sites is 1. The maximum absolute atomic E-state index is 12.4. The Labute approximate surface area is 154 Å². The number of nitrogens with zero attached hydrogens (tertiary/aromatic N) is 3. The Morgan fingerprint density at radius 2 is 2.00 bits per heavy atom. The fourth-order valence-electron chi connectivity index (χ4n) is 2.72. The molecule has 4 aromatic rings. The number of hydrogen-bond acceptors (Lipinski definition) is 4. The summed E-state index contributed by atoms with van der Waals surface area (Å²) in [5, 5.41) is 9.90. The third-order valence-corrected chi connectivity index (χ3v) is 5.16. The normalized spacial score (nSPS) is 10.8. The van der Waals surface area contributed by atoms with Gasteiger partial charge >= 0.3 is 0 Å². The van der Waals surface area contributed by atoms with Crippen molar-refractivity contribution in [3.8, 4) is 21.3 Å². The zero-order valence-electron chi connectivity index (χ0n) is 14.1. The van der Waals surface area contributed by atoms with E-state index in [4.69, 9.17) is 0 Å². The van der Waals surface area contributed by atoms with E-state index in [-0.39, 0.29) is 12.5 Å². The minimum Gasteiger partial charge on any atom is -0.324 e. The van der Waals surface area contributed by atoms with E-state index >= 15 is 0 Å². The maximum Gasteiger partial charge on any atom is 0.244 e. The first-order valence-corrected chi connectivity index (χ1v) is 8.99. The molecule has 0 radical (unpaired) electrons. The lowest BCUT2D eigenvalue weighted by molar-refractivity contribution is -0.116. The maximum atomic E-state index is 12.4. The number of nitrogens with one attached hydrogen (secondary N) is 2. The molecule has 2 N–H and O–H groups in total. The number of carbonyl (C=O) groups is 1. The second kappa shape index (κ2) is 6.97. The number of anilines is 1. The van der Waals surface area contributed by atoms with E-state index in [1.807, 2.05) is 60.2 Å². The molecule has 0 fully saturated rings. The van der Waals surface area contributed by atoms with Crippen molar-refractivity contribution in [2.75, 3.05) is 5.32 Å². The number of benzene rings is 1. The largest absolute Gasteiger partial charge is 0.324 e. The summed E-state index contributed by atoms with van der Waals surface area (Å²) < 4.78 is 1.86. The molecule has 4 rings (SSSR count). The van der Waals surface area contributed by atoms with Crippen LogP contribution >= 0.6 is 11.3 Å². The molecule has 0 aliphatic carbocycles. The molecule has 130 valence electrons. The van der Waals surface area contributed by atoms with Crippen LogP contribution in [0.5, 0.6) is 0 Å². The Balaban J connectivity index is 1.52. The first kappa shape index (κ1) is 16.3. The van der Waals surface area contributed by atoms with Crippen LogP contribution in [0.4, 0.5) is 5.69 Å². The van der Waals surface area contributed by atoms with Gasteiger partial charge in [-0.25, -0.2) is 4.98 Å². The van der Waals surface area contributed by atoms with E-state index in [0.717, 1.165) is 32.5 Å². The molecule has 1 aromatic carbocycles. The Morgan fingerprint density at radius 1 is 1.15 bits per heavy atom. The topological polar surface area (TPSA) is 75.6 Å². The fourth-order valence-corrected chi connectivity index (χ4v) is 3.71. The molecule has 0 atom stereocenters. The van der Waals surface area contributed by atoms with Crippen LogP contribution in [0.3, 0.4) is 0 Å². The molecule has 3 heterocycles. The third kappa shape index (κ3) is 3.29. The van der Waals surface area contributed by atoms with Crippen LogP contribution in [0.15, 0.2) is 61.1 Å². The van der Waals surface area contributed by atoms with Crippen LogP contribution in [0.25, 0.3) is 21.3 Å². The molecule has 0 saturated heterocycles. The van der Waals surface area contributed by atoms with Crippen LogP contribution < -0.4 is 5.32 Å². The second-order valence-corrected chi connectivity index (χ2v) is 6.96. The molecule has 0 spiro atoms. The Morgan fingerprint density at radius 3 is 2.81 bits per heavy atom. The molecule has 6 nitrogen and oxygen atoms in total. The number of aryl methyl sites for hydroxylation is 1. The summed E-state index contributed by atoms with van der Waals surface area (Å²) in [6.07, 6.45) is 5.26. The van der Waals surface area contributed by atoms with Crippen molar-refractivity contribution in [2.24, 2.45) is 0 Å². The fraction of sp³-hybridized carbons (Fsp3) is 0.105. The van der Waals surface area contributed by atoms with Gasteiger partial charge in [0.25, 0.3) is 0 Å². The number of amides is 1. The number of H-pyrrole nitrogens is 1. The average Bonchev–Trinajstić information content (AvgIpc) is 3.37. The molecular weight excluding hydrogens is 346 g/mol. The van der Waals surface area contributed by atoms with E-state index < -0.39 is 0 Å². The number of imidazole rings is 1. The van der Waals surface area contributed by atoms with Crippen LogP contribution in [0.1, 0.15) is 5.56 Å². The highest BCUT2D eigenvalue weighted by Crippen LogP contribution is 2.32. The van der Waals surface area contributed by atoms with Gasteiger partial charge in [0.05, 0.1) is 15.4 Å². The van der Waals surface area contributed by atoms with Crippen molar-refractivity contribution in [2.45, 2.75) is 13.5 Å². The van der Waals surface area contributed by atoms with E-state index in [1.54, 1.807) is 23.7 Å². The number of rotatable bonds is 5. The third-order valence-electron chi connectivity index (χ3n) is 4.04. The molecule has 7 heteroatoms. The van der Waals surface area contributed by atoms with Crippen molar-refractivity contribution in [1.29, 1.82) is 0 Å². The number of carbonyl (C=O) groups excluding carboxylic acids is 1. The van der Waals surface area contributed by atoms with Crippen molar-refractivity contribution in [1.82, 2.24) is 19.7 Å². The summed E-state index contributed by atoms with van der Waals surface area (Å²) >= 11 is 1.61. The quantitative estimate of drug-likeness (QED) is 0.564. The summed E-state index contributed by atoms with van der Waals surface area (Å²) in [6.45, 7) is 2.18. The van der Waals surface area contributed by atoms with Crippen molar-refractivity contribution in [3.63, 3.8) is 0 Å². The number of thiophene rings is 1. The van der Waals surface area contributed by atoms with Crippen LogP contribution in [0, 0.1) is 6.92 Å². The minimum atomic E-state index is -0.0797. The van der Waals surface area contributed by atoms with Gasteiger partial charge < -0.3 is 9.88 Å². The molecule has 26 heavy (non-hydrogen) atoms. The van der Waals surface area contributed by atoms with Gasteiger partial charge in [-0.1, -0.05) is 18.2 Å². The van der Waals surface area contributed by atoms with Crippen molar-refractivity contribution >= 4 is 22.9 Å². The molecule has 0 unspecified atom stereocenters. The number of hydrogen-bond donors (Lipinski definition) is 2. The second-order valence-electron chi connectivity index (χ2n) is 5.88. The summed E-state index contributed by atoms with van der Waals surface area (Å²) in [5.74, 6) is 0.699. The van der Waals surface area contributed by atoms with Crippen LogP contribution in [-0.2, 0) is 11.3 Å². The zero-order chi connectivity index (χ0) is 17.9. The smallest absolute Gasteiger partial charge is 0.244 e. The monoisotopic (exact) mass is 363 g/mol. The highest BCUT2D eigenvalue weighted by atomic mass is 32.1. The van der Waals surface area contributed by atoms with Crippen molar-refractivity contribution < 1.29 is 4.79 Å². The Bertz CT molecular complexity index is 1030. The highest BCUT2D eigenvalue weighted by molar-refractivity contribution is 7.18. The molecule has 0 aliphatic heterocycles. The van der Waals surface area contributed by atoms with Gasteiger partial charge in [0.2, 0.25) is 5.91 Å². The van der Waals surface area contributed by atoms with Gasteiger partial charge in [-0.3, -0.25) is 9.89 Å².